The first-order valence-corrected chi connectivity index (χ1v) is 16.9. The molecule has 0 spiro atoms. The highest BCUT2D eigenvalue weighted by Gasteiger charge is 2.22. The molecule has 2 N–H and O–H groups in total. The number of anilines is 2. The second kappa shape index (κ2) is 17.2. The minimum atomic E-state index is -0.529. The monoisotopic (exact) mass is 681 g/mol. The smallest absolute Gasteiger partial charge is 0.292 e. The Labute approximate surface area is 292 Å². The van der Waals surface area contributed by atoms with Gasteiger partial charge in [0.15, 0.2) is 23.0 Å². The largest absolute Gasteiger partial charge is 0.493 e. The van der Waals surface area contributed by atoms with E-state index in [2.05, 4.69) is 10.6 Å². The van der Waals surface area contributed by atoms with Gasteiger partial charge in [0.25, 0.3) is 17.5 Å². The van der Waals surface area contributed by atoms with E-state index in [-0.39, 0.29) is 29.5 Å². The van der Waals surface area contributed by atoms with Crippen molar-refractivity contribution in [2.45, 2.75) is 70.5 Å². The molecule has 0 unspecified atom stereocenters. The van der Waals surface area contributed by atoms with Crippen LogP contribution in [-0.2, 0) is 0 Å². The summed E-state index contributed by atoms with van der Waals surface area (Å²) in [5, 5.41) is 16.6. The summed E-state index contributed by atoms with van der Waals surface area (Å²) in [5.41, 5.74) is 2.79. The van der Waals surface area contributed by atoms with E-state index >= 15 is 0 Å². The molecular formula is C39H43N3O8. The van der Waals surface area contributed by atoms with Crippen molar-refractivity contribution in [2.24, 2.45) is 0 Å². The molecule has 0 aromatic heterocycles. The van der Waals surface area contributed by atoms with Crippen molar-refractivity contribution in [1.29, 1.82) is 0 Å². The maximum Gasteiger partial charge on any atom is 0.292 e. The Bertz CT molecular complexity index is 1800. The molecule has 0 heterocycles. The maximum absolute atomic E-state index is 12.5. The van der Waals surface area contributed by atoms with Crippen LogP contribution in [0, 0.1) is 17.0 Å². The number of ether oxygens (including phenoxy) is 4. The third kappa shape index (κ3) is 9.52. The lowest BCUT2D eigenvalue weighted by Gasteiger charge is -2.17. The molecule has 2 amide bonds. The summed E-state index contributed by atoms with van der Waals surface area (Å²) in [6.45, 7) is 2.00. The minimum Gasteiger partial charge on any atom is -0.493 e. The number of carbonyl (C=O) groups excluding carboxylic acids is 2. The Hall–Kier alpha value is -5.58. The molecule has 0 saturated heterocycles. The number of nitrogens with one attached hydrogen (secondary N) is 2. The van der Waals surface area contributed by atoms with Gasteiger partial charge < -0.3 is 29.6 Å². The van der Waals surface area contributed by atoms with E-state index in [1.807, 2.05) is 31.2 Å². The number of hydrogen-bond acceptors (Lipinski definition) is 8. The van der Waals surface area contributed by atoms with Crippen molar-refractivity contribution in [3.63, 3.8) is 0 Å². The van der Waals surface area contributed by atoms with Gasteiger partial charge in [0.2, 0.25) is 0 Å². The molecule has 0 aliphatic heterocycles. The molecule has 262 valence electrons. The van der Waals surface area contributed by atoms with Crippen LogP contribution in [-0.4, -0.2) is 43.2 Å². The fraction of sp³-hybridized carbons (Fsp3) is 0.333. The number of nitrogens with zero attached hydrogens (tertiary/aromatic N) is 1. The highest BCUT2D eigenvalue weighted by Crippen LogP contribution is 2.34. The molecular weight excluding hydrogens is 638 g/mol. The van der Waals surface area contributed by atoms with Crippen LogP contribution in [0.1, 0.15) is 77.6 Å². The average Bonchev–Trinajstić information content (AvgIpc) is 3.83. The number of benzene rings is 4. The molecule has 2 saturated carbocycles. The van der Waals surface area contributed by atoms with Crippen LogP contribution < -0.4 is 29.6 Å². The number of carbonyl (C=O) groups is 2. The van der Waals surface area contributed by atoms with Crippen LogP contribution >= 0.6 is 0 Å². The van der Waals surface area contributed by atoms with Crippen LogP contribution in [0.2, 0.25) is 0 Å². The lowest BCUT2D eigenvalue weighted by molar-refractivity contribution is -0.383. The van der Waals surface area contributed by atoms with E-state index in [0.29, 0.717) is 34.1 Å². The van der Waals surface area contributed by atoms with Gasteiger partial charge in [0, 0.05) is 22.9 Å². The number of amides is 2. The first kappa shape index (κ1) is 35.7. The third-order valence-corrected chi connectivity index (χ3v) is 8.67. The van der Waals surface area contributed by atoms with Gasteiger partial charge in [-0.15, -0.1) is 0 Å². The van der Waals surface area contributed by atoms with Gasteiger partial charge in [0.05, 0.1) is 31.4 Å². The highest BCUT2D eigenvalue weighted by atomic mass is 16.6. The number of nitro benzene ring substituents is 1. The molecule has 4 aromatic rings. The van der Waals surface area contributed by atoms with Gasteiger partial charge in [0.1, 0.15) is 5.69 Å². The Morgan fingerprint density at radius 3 is 1.68 bits per heavy atom. The fourth-order valence-electron chi connectivity index (χ4n) is 6.05. The molecule has 6 rings (SSSR count). The summed E-state index contributed by atoms with van der Waals surface area (Å²) in [6, 6.07) is 24.0. The van der Waals surface area contributed by atoms with Crippen molar-refractivity contribution in [3.8, 4) is 23.0 Å². The van der Waals surface area contributed by atoms with E-state index < -0.39 is 10.8 Å². The number of nitro groups is 1. The van der Waals surface area contributed by atoms with E-state index in [0.717, 1.165) is 49.8 Å². The van der Waals surface area contributed by atoms with E-state index in [1.165, 1.54) is 25.0 Å². The molecule has 11 nitrogen and oxygen atoms in total. The van der Waals surface area contributed by atoms with E-state index in [9.17, 15) is 19.7 Å². The third-order valence-electron chi connectivity index (χ3n) is 8.67. The van der Waals surface area contributed by atoms with Crippen molar-refractivity contribution in [2.75, 3.05) is 24.9 Å². The van der Waals surface area contributed by atoms with Crippen LogP contribution in [0.5, 0.6) is 23.0 Å². The zero-order valence-electron chi connectivity index (χ0n) is 28.6. The van der Waals surface area contributed by atoms with E-state index in [1.54, 1.807) is 62.8 Å². The van der Waals surface area contributed by atoms with Crippen LogP contribution in [0.4, 0.5) is 17.1 Å². The Morgan fingerprint density at radius 2 is 1.18 bits per heavy atom. The summed E-state index contributed by atoms with van der Waals surface area (Å²) in [4.78, 5) is 35.6. The summed E-state index contributed by atoms with van der Waals surface area (Å²) < 4.78 is 22.7. The Morgan fingerprint density at radius 1 is 0.660 bits per heavy atom. The normalized spacial score (nSPS) is 14.2. The lowest BCUT2D eigenvalue weighted by atomic mass is 10.1. The lowest BCUT2D eigenvalue weighted by Crippen LogP contribution is -2.15. The first-order valence-electron chi connectivity index (χ1n) is 16.9. The second-order valence-electron chi connectivity index (χ2n) is 12.3. The van der Waals surface area contributed by atoms with Crippen LogP contribution in [0.15, 0.2) is 84.9 Å². The molecule has 50 heavy (non-hydrogen) atoms. The molecule has 2 fully saturated rings. The van der Waals surface area contributed by atoms with Gasteiger partial charge >= 0.3 is 0 Å². The summed E-state index contributed by atoms with van der Waals surface area (Å²) >= 11 is 0. The Kier molecular flexibility index (Phi) is 12.3. The summed E-state index contributed by atoms with van der Waals surface area (Å²) in [5.74, 6) is 1.77. The van der Waals surface area contributed by atoms with Crippen molar-refractivity contribution < 1.29 is 33.5 Å². The standard InChI is InChI=1S/C20H23NO3.C19H20N2O5/c1-14-6-5-7-16(12-14)21-20(22)15-10-11-18(23-2)19(13-15)24-17-8-3-4-9-17;1-25-17-11-10-13(12-18(17)26-14-6-2-3-7-14)19(22)20-15-8-4-5-9-16(15)21(23)24/h5-7,10-13,17H,3-4,8-9H2,1-2H3,(H,21,22);4-5,8-12,14H,2-3,6-7H2,1H3,(H,20,22). The molecule has 2 aliphatic rings. The Balaban J connectivity index is 0.000000195. The van der Waals surface area contributed by atoms with Gasteiger partial charge in [-0.3, -0.25) is 19.7 Å². The minimum absolute atomic E-state index is 0.123. The SMILES string of the molecule is COc1ccc(C(=O)Nc2cccc(C)c2)cc1OC1CCCC1.COc1ccc(C(=O)Nc2ccccc2[N+](=O)[O-])cc1OC1CCCC1. The summed E-state index contributed by atoms with van der Waals surface area (Å²) in [6.07, 6.45) is 9.07. The fourth-order valence-corrected chi connectivity index (χ4v) is 6.05. The zero-order valence-corrected chi connectivity index (χ0v) is 28.6. The van der Waals surface area contributed by atoms with Crippen molar-refractivity contribution >= 4 is 28.9 Å². The van der Waals surface area contributed by atoms with Gasteiger partial charge in [-0.1, -0.05) is 24.3 Å². The van der Waals surface area contributed by atoms with Crippen LogP contribution in [0.3, 0.4) is 0 Å². The molecule has 0 bridgehead atoms. The molecule has 0 radical (unpaired) electrons. The van der Waals surface area contributed by atoms with Gasteiger partial charge in [-0.05, 0) is 118 Å². The summed E-state index contributed by atoms with van der Waals surface area (Å²) in [7, 11) is 3.16. The molecule has 0 atom stereocenters. The van der Waals surface area contributed by atoms with E-state index in [4.69, 9.17) is 18.9 Å². The first-order chi connectivity index (χ1) is 24.2. The number of aryl methyl sites for hydroxylation is 1. The molecule has 2 aliphatic carbocycles. The second-order valence-corrected chi connectivity index (χ2v) is 12.3. The number of methoxy groups -OCH3 is 2. The van der Waals surface area contributed by atoms with Gasteiger partial charge in [-0.2, -0.15) is 0 Å². The van der Waals surface area contributed by atoms with Crippen molar-refractivity contribution in [1.82, 2.24) is 0 Å². The van der Waals surface area contributed by atoms with Crippen molar-refractivity contribution in [3.05, 3.63) is 112 Å². The predicted octanol–water partition coefficient (Wildman–Crippen LogP) is 8.75. The predicted molar refractivity (Wildman–Crippen MR) is 192 cm³/mol. The maximum atomic E-state index is 12.5. The average molecular weight is 682 g/mol. The number of para-hydroxylation sites is 2. The quantitative estimate of drug-likeness (QED) is 0.118. The van der Waals surface area contributed by atoms with Gasteiger partial charge in [-0.25, -0.2) is 0 Å². The molecule has 4 aromatic carbocycles. The highest BCUT2D eigenvalue weighted by molar-refractivity contribution is 6.06. The number of rotatable bonds is 11. The van der Waals surface area contributed by atoms with Crippen LogP contribution in [0.25, 0.3) is 0 Å². The topological polar surface area (TPSA) is 138 Å². The number of hydrogen-bond donors (Lipinski definition) is 2. The zero-order chi connectivity index (χ0) is 35.5. The molecule has 11 heteroatoms.